The Bertz CT molecular complexity index is 1140. The predicted molar refractivity (Wildman–Crippen MR) is 133 cm³/mol. The number of hydrogen-bond acceptors (Lipinski definition) is 8. The van der Waals surface area contributed by atoms with Crippen molar-refractivity contribution in [1.82, 2.24) is 14.3 Å². The molecule has 2 unspecified atom stereocenters. The van der Waals surface area contributed by atoms with Crippen LogP contribution in [-0.4, -0.2) is 64.5 Å². The second-order valence-corrected chi connectivity index (χ2v) is 9.92. The second-order valence-electron chi connectivity index (χ2n) is 8.75. The van der Waals surface area contributed by atoms with E-state index in [4.69, 9.17) is 4.74 Å². The lowest BCUT2D eigenvalue weighted by Gasteiger charge is -2.35. The Morgan fingerprint density at radius 1 is 0.972 bits per heavy atom. The number of ether oxygens (including phenoxy) is 1. The maximum absolute atomic E-state index is 12.7. The Morgan fingerprint density at radius 2 is 1.78 bits per heavy atom. The van der Waals surface area contributed by atoms with Crippen molar-refractivity contribution < 1.29 is 23.0 Å². The first-order valence-corrected chi connectivity index (χ1v) is 12.4. The molecule has 2 saturated heterocycles. The molecule has 11 heteroatoms. The highest BCUT2D eigenvalue weighted by molar-refractivity contribution is 7.97. The maximum atomic E-state index is 12.7. The van der Waals surface area contributed by atoms with Crippen LogP contribution in [0.15, 0.2) is 65.8 Å². The van der Waals surface area contributed by atoms with Gasteiger partial charge in [0.05, 0.1) is 24.3 Å². The minimum atomic E-state index is -4.42. The van der Waals surface area contributed by atoms with Crippen LogP contribution in [0.5, 0.6) is 0 Å². The summed E-state index contributed by atoms with van der Waals surface area (Å²) in [5.41, 5.74) is 1.31. The molecule has 4 heterocycles. The van der Waals surface area contributed by atoms with Crippen LogP contribution < -0.4 is 10.2 Å². The van der Waals surface area contributed by atoms with Crippen LogP contribution >= 0.6 is 11.9 Å². The largest absolute Gasteiger partial charge is 0.417 e. The van der Waals surface area contributed by atoms with Gasteiger partial charge in [-0.15, -0.1) is 0 Å². The summed E-state index contributed by atoms with van der Waals surface area (Å²) in [6, 6.07) is 14.3. The van der Waals surface area contributed by atoms with Gasteiger partial charge < -0.3 is 20.1 Å². The molecule has 0 bridgehead atoms. The molecule has 2 aliphatic heterocycles. The molecule has 0 radical (unpaired) electrons. The maximum Gasteiger partial charge on any atom is 0.417 e. The van der Waals surface area contributed by atoms with Gasteiger partial charge in [-0.1, -0.05) is 12.1 Å². The molecular formula is C25H26F3N5O2S. The van der Waals surface area contributed by atoms with Crippen molar-refractivity contribution in [3.8, 4) is 11.1 Å². The highest BCUT2D eigenvalue weighted by Gasteiger charge is 2.31. The quantitative estimate of drug-likeness (QED) is 0.463. The van der Waals surface area contributed by atoms with Crippen LogP contribution in [0.2, 0.25) is 0 Å². The van der Waals surface area contributed by atoms with E-state index < -0.39 is 17.8 Å². The van der Waals surface area contributed by atoms with Crippen LogP contribution in [-0.2, 0) is 10.9 Å². The van der Waals surface area contributed by atoms with Gasteiger partial charge in [-0.3, -0.25) is 0 Å². The van der Waals surface area contributed by atoms with Gasteiger partial charge in [-0.2, -0.15) is 13.2 Å². The predicted octanol–water partition coefficient (Wildman–Crippen LogP) is 4.51. The lowest BCUT2D eigenvalue weighted by atomic mass is 10.0. The first kappa shape index (κ1) is 24.8. The molecule has 2 atom stereocenters. The van der Waals surface area contributed by atoms with E-state index in [-0.39, 0.29) is 6.04 Å². The highest BCUT2D eigenvalue weighted by atomic mass is 32.2. The number of aliphatic hydroxyl groups excluding tert-OH is 1. The fraction of sp³-hybridized carbons (Fsp3) is 0.360. The van der Waals surface area contributed by atoms with E-state index in [1.165, 1.54) is 6.07 Å². The number of pyridine rings is 2. The van der Waals surface area contributed by atoms with Crippen molar-refractivity contribution in [3.63, 3.8) is 0 Å². The number of nitrogens with zero attached hydrogens (tertiary/aromatic N) is 4. The molecule has 1 aromatic carbocycles. The summed E-state index contributed by atoms with van der Waals surface area (Å²) in [5.74, 6) is 1.23. The van der Waals surface area contributed by atoms with Gasteiger partial charge in [0.2, 0.25) is 0 Å². The number of hydrogen-bond donors (Lipinski definition) is 2. The lowest BCUT2D eigenvalue weighted by Crippen LogP contribution is -2.47. The van der Waals surface area contributed by atoms with E-state index >= 15 is 0 Å². The number of halogens is 3. The Labute approximate surface area is 211 Å². The van der Waals surface area contributed by atoms with Crippen LogP contribution in [0.1, 0.15) is 12.0 Å². The molecule has 2 fully saturated rings. The van der Waals surface area contributed by atoms with E-state index in [0.717, 1.165) is 47.3 Å². The normalized spacial score (nSPS) is 21.1. The third kappa shape index (κ3) is 5.92. The number of nitrogens with one attached hydrogen (secondary N) is 1. The van der Waals surface area contributed by atoms with Crippen molar-refractivity contribution in [2.24, 2.45) is 0 Å². The number of benzene rings is 1. The zero-order chi connectivity index (χ0) is 25.1. The average Bonchev–Trinajstić information content (AvgIpc) is 3.41. The Morgan fingerprint density at radius 3 is 2.39 bits per heavy atom. The summed E-state index contributed by atoms with van der Waals surface area (Å²) in [6.45, 7) is 3.30. The zero-order valence-corrected chi connectivity index (χ0v) is 20.2. The third-order valence-corrected chi connectivity index (χ3v) is 7.29. The Hall–Kier alpha value is -2.86. The van der Waals surface area contributed by atoms with Crippen molar-refractivity contribution in [2.75, 3.05) is 43.2 Å². The van der Waals surface area contributed by atoms with Gasteiger partial charge in [0.1, 0.15) is 18.4 Å². The van der Waals surface area contributed by atoms with Crippen molar-refractivity contribution in [2.45, 2.75) is 29.6 Å². The number of aliphatic hydroxyl groups is 1. The third-order valence-electron chi connectivity index (χ3n) is 6.22. The van der Waals surface area contributed by atoms with Gasteiger partial charge in [-0.25, -0.2) is 14.3 Å². The van der Waals surface area contributed by atoms with Crippen LogP contribution in [0.4, 0.5) is 24.8 Å². The van der Waals surface area contributed by atoms with Crippen LogP contribution in [0, 0.1) is 0 Å². The molecule has 5 rings (SSSR count). The smallest absolute Gasteiger partial charge is 0.390 e. The number of β-amino-alcohol motifs (C(OH)–C–C–N with tert-alkyl or cyclic N) is 1. The number of aromatic nitrogens is 2. The molecule has 190 valence electrons. The van der Waals surface area contributed by atoms with E-state index in [1.54, 1.807) is 11.9 Å². The minimum Gasteiger partial charge on any atom is -0.390 e. The van der Waals surface area contributed by atoms with Crippen molar-refractivity contribution >= 4 is 23.6 Å². The number of anilines is 2. The molecule has 2 aliphatic rings. The summed E-state index contributed by atoms with van der Waals surface area (Å²) in [4.78, 5) is 11.6. The van der Waals surface area contributed by atoms with Gasteiger partial charge in [-0.05, 0) is 60.3 Å². The standard InChI is InChI=1S/C25H26F3N5O2S/c26-25(27,28)19-4-7-23(29-14-19)31-21-9-10-33(15-22(21)34)36-20-5-1-17(2-6-20)18-3-8-24(30-13-18)32-11-12-35-16-32/h1-8,13-14,21-22,34H,9-12,15-16H2,(H,29,31). The van der Waals surface area contributed by atoms with Crippen molar-refractivity contribution in [1.29, 1.82) is 0 Å². The zero-order valence-electron chi connectivity index (χ0n) is 19.4. The molecule has 36 heavy (non-hydrogen) atoms. The summed E-state index contributed by atoms with van der Waals surface area (Å²) >= 11 is 1.57. The Balaban J connectivity index is 1.13. The first-order valence-electron chi connectivity index (χ1n) is 11.6. The average molecular weight is 518 g/mol. The molecule has 2 N–H and O–H groups in total. The van der Waals surface area contributed by atoms with E-state index in [0.29, 0.717) is 32.1 Å². The Kier molecular flexibility index (Phi) is 7.33. The fourth-order valence-electron chi connectivity index (χ4n) is 4.19. The first-order chi connectivity index (χ1) is 17.3. The van der Waals surface area contributed by atoms with Gasteiger partial charge in [0.15, 0.2) is 0 Å². The number of piperidine rings is 1. The van der Waals surface area contributed by atoms with E-state index in [9.17, 15) is 18.3 Å². The minimum absolute atomic E-state index is 0.281. The van der Waals surface area contributed by atoms with E-state index in [1.807, 2.05) is 24.4 Å². The van der Waals surface area contributed by atoms with Gasteiger partial charge in [0.25, 0.3) is 0 Å². The summed E-state index contributed by atoms with van der Waals surface area (Å²) in [6.07, 6.45) is -1.79. The molecular weight excluding hydrogens is 491 g/mol. The van der Waals surface area contributed by atoms with Gasteiger partial charge >= 0.3 is 6.18 Å². The molecule has 0 saturated carbocycles. The highest BCUT2D eigenvalue weighted by Crippen LogP contribution is 2.31. The van der Waals surface area contributed by atoms with Crippen LogP contribution in [0.3, 0.4) is 0 Å². The molecule has 0 amide bonds. The van der Waals surface area contributed by atoms with Gasteiger partial charge in [0, 0.05) is 42.5 Å². The van der Waals surface area contributed by atoms with E-state index in [2.05, 4.69) is 42.7 Å². The van der Waals surface area contributed by atoms with Crippen molar-refractivity contribution in [3.05, 3.63) is 66.5 Å². The summed E-state index contributed by atoms with van der Waals surface area (Å²) in [5, 5.41) is 13.7. The number of rotatable bonds is 6. The second kappa shape index (κ2) is 10.6. The summed E-state index contributed by atoms with van der Waals surface area (Å²) < 4.78 is 45.6. The monoisotopic (exact) mass is 517 g/mol. The van der Waals surface area contributed by atoms with Crippen LogP contribution in [0.25, 0.3) is 11.1 Å². The topological polar surface area (TPSA) is 73.8 Å². The summed E-state index contributed by atoms with van der Waals surface area (Å²) in [7, 11) is 0. The molecule has 2 aromatic heterocycles. The lowest BCUT2D eigenvalue weighted by molar-refractivity contribution is -0.137. The molecule has 0 aliphatic carbocycles. The SMILES string of the molecule is OC1CN(Sc2ccc(-c3ccc(N4CCOC4)nc3)cc2)CCC1Nc1ccc(C(F)(F)F)cn1. The molecule has 0 spiro atoms. The molecule has 7 nitrogen and oxygen atoms in total. The fourth-order valence-corrected chi connectivity index (χ4v) is 5.17. The molecule has 3 aromatic rings. The number of alkyl halides is 3.